The Morgan fingerprint density at radius 2 is 1.85 bits per heavy atom. The summed E-state index contributed by atoms with van der Waals surface area (Å²) < 4.78 is 8.75. The van der Waals surface area contributed by atoms with Crippen molar-refractivity contribution in [3.8, 4) is 11.4 Å². The van der Waals surface area contributed by atoms with Gasteiger partial charge in [-0.2, -0.15) is 0 Å². The number of hydrogen-bond acceptors (Lipinski definition) is 7. The van der Waals surface area contributed by atoms with Gasteiger partial charge in [-0.25, -0.2) is 14.3 Å². The summed E-state index contributed by atoms with van der Waals surface area (Å²) in [6.45, 7) is 0.865. The van der Waals surface area contributed by atoms with Crippen LogP contribution in [0.2, 0.25) is 0 Å². The second kappa shape index (κ2) is 9.11. The first-order valence-corrected chi connectivity index (χ1v) is 12.7. The first-order valence-electron chi connectivity index (χ1n) is 10.7. The predicted octanol–water partition coefficient (Wildman–Crippen LogP) is 2.92. The van der Waals surface area contributed by atoms with Gasteiger partial charge in [-0.15, -0.1) is 11.3 Å². The van der Waals surface area contributed by atoms with Gasteiger partial charge in [-0.3, -0.25) is 14.2 Å². The van der Waals surface area contributed by atoms with E-state index in [-0.39, 0.29) is 18.1 Å². The van der Waals surface area contributed by atoms with Crippen LogP contribution >= 0.6 is 23.1 Å². The summed E-state index contributed by atoms with van der Waals surface area (Å²) in [5.41, 5.74) is 1.82. The van der Waals surface area contributed by atoms with Crippen molar-refractivity contribution in [3.63, 3.8) is 0 Å². The fourth-order valence-corrected chi connectivity index (χ4v) is 5.71. The van der Waals surface area contributed by atoms with E-state index in [9.17, 15) is 14.4 Å². The zero-order valence-electron chi connectivity index (χ0n) is 18.7. The van der Waals surface area contributed by atoms with Gasteiger partial charge >= 0.3 is 5.69 Å². The average Bonchev–Trinajstić information content (AvgIpc) is 3.31. The molecule has 0 spiro atoms. The van der Waals surface area contributed by atoms with Gasteiger partial charge in [0, 0.05) is 13.1 Å². The second-order valence-electron chi connectivity index (χ2n) is 7.85. The summed E-state index contributed by atoms with van der Waals surface area (Å²) >= 11 is 2.61. The van der Waals surface area contributed by atoms with E-state index in [0.717, 1.165) is 16.6 Å². The van der Waals surface area contributed by atoms with Crippen molar-refractivity contribution in [1.82, 2.24) is 19.0 Å². The lowest BCUT2D eigenvalue weighted by Gasteiger charge is -2.29. The van der Waals surface area contributed by atoms with Crippen LogP contribution in [0.1, 0.15) is 11.1 Å². The van der Waals surface area contributed by atoms with Crippen LogP contribution in [0.5, 0.6) is 5.75 Å². The van der Waals surface area contributed by atoms with Gasteiger partial charge in [0.2, 0.25) is 5.91 Å². The first-order chi connectivity index (χ1) is 16.5. The van der Waals surface area contributed by atoms with E-state index in [1.165, 1.54) is 40.3 Å². The molecule has 34 heavy (non-hydrogen) atoms. The van der Waals surface area contributed by atoms with E-state index in [1.807, 2.05) is 24.5 Å². The Balaban J connectivity index is 1.62. The van der Waals surface area contributed by atoms with Crippen LogP contribution in [0.15, 0.2) is 62.5 Å². The third kappa shape index (κ3) is 3.82. The number of thioether (sulfide) groups is 1. The minimum Gasteiger partial charge on any atom is -0.495 e. The van der Waals surface area contributed by atoms with Gasteiger partial charge in [0.1, 0.15) is 17.0 Å². The molecule has 4 aromatic rings. The van der Waals surface area contributed by atoms with Gasteiger partial charge in [0.05, 0.1) is 12.8 Å². The molecule has 0 saturated carbocycles. The number of nitrogens with zero attached hydrogens (tertiary/aromatic N) is 4. The third-order valence-corrected chi connectivity index (χ3v) is 7.96. The Kier molecular flexibility index (Phi) is 6.01. The Labute approximate surface area is 203 Å². The van der Waals surface area contributed by atoms with E-state index < -0.39 is 11.2 Å². The van der Waals surface area contributed by atoms with Crippen molar-refractivity contribution in [2.45, 2.75) is 23.8 Å². The lowest BCUT2D eigenvalue weighted by atomic mass is 10.00. The number of fused-ring (bicyclic) bond motifs is 2. The average molecular weight is 495 g/mol. The lowest BCUT2D eigenvalue weighted by Crippen LogP contribution is -2.44. The van der Waals surface area contributed by atoms with E-state index in [0.29, 0.717) is 33.6 Å². The van der Waals surface area contributed by atoms with E-state index in [2.05, 4.69) is 11.1 Å². The molecule has 0 saturated heterocycles. The summed E-state index contributed by atoms with van der Waals surface area (Å²) in [6, 6.07) is 14.9. The number of methoxy groups -OCH3 is 1. The van der Waals surface area contributed by atoms with Gasteiger partial charge < -0.3 is 9.64 Å². The number of benzene rings is 2. The Morgan fingerprint density at radius 3 is 2.62 bits per heavy atom. The SMILES string of the molecule is COc1ccccc1-n1c(=O)c2sc(SC)nc2n(CC(=O)N2CCc3ccccc3C2)c1=O. The molecule has 0 N–H and O–H groups in total. The molecule has 0 aliphatic carbocycles. The van der Waals surface area contributed by atoms with Gasteiger partial charge in [0.25, 0.3) is 5.56 Å². The second-order valence-corrected chi connectivity index (χ2v) is 9.90. The Bertz CT molecular complexity index is 1520. The number of thiazole rings is 1. The molecule has 2 aromatic carbocycles. The molecule has 10 heteroatoms. The molecule has 0 bridgehead atoms. The molecule has 174 valence electrons. The number of ether oxygens (including phenoxy) is 1. The number of carbonyl (C=O) groups is 1. The van der Waals surface area contributed by atoms with Gasteiger partial charge in [0.15, 0.2) is 9.99 Å². The minimum absolute atomic E-state index is 0.193. The topological polar surface area (TPSA) is 86.4 Å². The number of aromatic nitrogens is 3. The summed E-state index contributed by atoms with van der Waals surface area (Å²) in [6.07, 6.45) is 2.62. The zero-order chi connectivity index (χ0) is 23.8. The third-order valence-electron chi connectivity index (χ3n) is 5.94. The van der Waals surface area contributed by atoms with Gasteiger partial charge in [-0.05, 0) is 35.9 Å². The van der Waals surface area contributed by atoms with E-state index in [4.69, 9.17) is 4.74 Å². The molecule has 0 atom stereocenters. The molecule has 5 rings (SSSR count). The van der Waals surface area contributed by atoms with Gasteiger partial charge in [-0.1, -0.05) is 48.2 Å². The molecule has 0 unspecified atom stereocenters. The van der Waals surface area contributed by atoms with Crippen LogP contribution in [-0.4, -0.2) is 44.8 Å². The van der Waals surface area contributed by atoms with Crippen molar-refractivity contribution >= 4 is 39.4 Å². The molecule has 8 nitrogen and oxygen atoms in total. The van der Waals surface area contributed by atoms with E-state index in [1.54, 1.807) is 29.2 Å². The summed E-state index contributed by atoms with van der Waals surface area (Å²) in [7, 11) is 1.48. The molecule has 1 aliphatic heterocycles. The maximum absolute atomic E-state index is 13.6. The molecular weight excluding hydrogens is 472 g/mol. The van der Waals surface area contributed by atoms with Crippen molar-refractivity contribution in [3.05, 3.63) is 80.5 Å². The number of para-hydroxylation sites is 2. The fourth-order valence-electron chi connectivity index (χ4n) is 4.22. The number of rotatable bonds is 5. The highest BCUT2D eigenvalue weighted by Crippen LogP contribution is 2.27. The number of amides is 1. The lowest BCUT2D eigenvalue weighted by molar-refractivity contribution is -0.132. The van der Waals surface area contributed by atoms with Crippen molar-refractivity contribution in [2.75, 3.05) is 19.9 Å². The van der Waals surface area contributed by atoms with Crippen LogP contribution < -0.4 is 16.0 Å². The summed E-state index contributed by atoms with van der Waals surface area (Å²) in [4.78, 5) is 46.6. The van der Waals surface area contributed by atoms with Crippen molar-refractivity contribution in [2.24, 2.45) is 0 Å². The zero-order valence-corrected chi connectivity index (χ0v) is 20.3. The van der Waals surface area contributed by atoms with Crippen LogP contribution in [0.3, 0.4) is 0 Å². The summed E-state index contributed by atoms with van der Waals surface area (Å²) in [5.74, 6) is 0.197. The first kappa shape index (κ1) is 22.4. The molecule has 1 amide bonds. The quantitative estimate of drug-likeness (QED) is 0.397. The molecule has 0 radical (unpaired) electrons. The highest BCUT2D eigenvalue weighted by atomic mass is 32.2. The van der Waals surface area contributed by atoms with Crippen LogP contribution in [0.4, 0.5) is 0 Å². The van der Waals surface area contributed by atoms with Crippen LogP contribution in [-0.2, 0) is 24.3 Å². The minimum atomic E-state index is -0.620. The highest BCUT2D eigenvalue weighted by molar-refractivity contribution is 8.00. The molecular formula is C24H22N4O4S2. The molecule has 0 fully saturated rings. The summed E-state index contributed by atoms with van der Waals surface area (Å²) in [5, 5.41) is 0. The maximum atomic E-state index is 13.6. The number of carbonyl (C=O) groups excluding carboxylic acids is 1. The fraction of sp³-hybridized carbons (Fsp3) is 0.250. The maximum Gasteiger partial charge on any atom is 0.337 e. The molecule has 2 aromatic heterocycles. The highest BCUT2D eigenvalue weighted by Gasteiger charge is 2.25. The predicted molar refractivity (Wildman–Crippen MR) is 133 cm³/mol. The van der Waals surface area contributed by atoms with Crippen molar-refractivity contribution < 1.29 is 9.53 Å². The Hall–Kier alpha value is -3.37. The van der Waals surface area contributed by atoms with Crippen LogP contribution in [0.25, 0.3) is 16.0 Å². The Morgan fingerprint density at radius 1 is 1.12 bits per heavy atom. The monoisotopic (exact) mass is 494 g/mol. The largest absolute Gasteiger partial charge is 0.495 e. The smallest absolute Gasteiger partial charge is 0.337 e. The molecule has 1 aliphatic rings. The number of hydrogen-bond donors (Lipinski definition) is 0. The van der Waals surface area contributed by atoms with Crippen LogP contribution in [0, 0.1) is 0 Å². The van der Waals surface area contributed by atoms with Crippen molar-refractivity contribution in [1.29, 1.82) is 0 Å². The van der Waals surface area contributed by atoms with E-state index >= 15 is 0 Å². The standard InChI is InChI=1S/C24H22N4O4S2/c1-32-18-10-6-5-9-17(18)28-22(30)20-21(25-23(33-2)34-20)27(24(28)31)14-19(29)26-12-11-15-7-3-4-8-16(15)13-26/h3-10H,11-14H2,1-2H3. The normalized spacial score (nSPS) is 13.2. The molecule has 3 heterocycles.